The summed E-state index contributed by atoms with van der Waals surface area (Å²) in [5.74, 6) is 0.643. The second-order valence-electron chi connectivity index (χ2n) is 4.57. The largest absolute Gasteiger partial charge is 0.327 e. The van der Waals surface area contributed by atoms with Crippen molar-refractivity contribution in [2.24, 2.45) is 11.7 Å². The summed E-state index contributed by atoms with van der Waals surface area (Å²) in [5.41, 5.74) is 6.96. The van der Waals surface area contributed by atoms with Crippen LogP contribution in [0.3, 0.4) is 0 Å². The molecule has 0 bridgehead atoms. The zero-order valence-corrected chi connectivity index (χ0v) is 11.0. The van der Waals surface area contributed by atoms with Gasteiger partial charge in [-0.25, -0.2) is 0 Å². The molecule has 2 rings (SSSR count). The first-order chi connectivity index (χ1) is 8.08. The van der Waals surface area contributed by atoms with E-state index in [9.17, 15) is 10.1 Å². The first kappa shape index (κ1) is 12.5. The number of hydrogen-bond donors (Lipinski definition) is 1. The van der Waals surface area contributed by atoms with E-state index in [1.807, 2.05) is 12.1 Å². The van der Waals surface area contributed by atoms with Gasteiger partial charge in [-0.2, -0.15) is 0 Å². The number of rotatable bonds is 5. The van der Waals surface area contributed by atoms with Crippen molar-refractivity contribution in [3.8, 4) is 0 Å². The molecule has 0 aliphatic heterocycles. The van der Waals surface area contributed by atoms with Gasteiger partial charge in [0, 0.05) is 22.1 Å². The molecule has 0 spiro atoms. The van der Waals surface area contributed by atoms with Crippen LogP contribution in [0.5, 0.6) is 0 Å². The molecule has 92 valence electrons. The van der Waals surface area contributed by atoms with Crippen LogP contribution >= 0.6 is 15.9 Å². The number of nitro benzene ring substituents is 1. The smallest absolute Gasteiger partial charge is 0.273 e. The van der Waals surface area contributed by atoms with E-state index in [2.05, 4.69) is 15.9 Å². The average molecular weight is 299 g/mol. The highest BCUT2D eigenvalue weighted by Crippen LogP contribution is 2.34. The first-order valence-corrected chi connectivity index (χ1v) is 6.55. The quantitative estimate of drug-likeness (QED) is 0.671. The highest BCUT2D eigenvalue weighted by atomic mass is 79.9. The third kappa shape index (κ3) is 3.26. The minimum Gasteiger partial charge on any atom is -0.327 e. The van der Waals surface area contributed by atoms with Gasteiger partial charge in [0.15, 0.2) is 0 Å². The highest BCUT2D eigenvalue weighted by molar-refractivity contribution is 9.10. The number of hydrogen-bond acceptors (Lipinski definition) is 3. The van der Waals surface area contributed by atoms with Gasteiger partial charge in [-0.1, -0.05) is 22.0 Å². The standard InChI is InChI=1S/C12H15BrN2O2/c13-10-5-3-9(12(7-10)15(16)17)4-6-11(14)8-1-2-8/h3,5,7-8,11H,1-2,4,6,14H2. The Balaban J connectivity index is 2.06. The Hall–Kier alpha value is -0.940. The van der Waals surface area contributed by atoms with Crippen LogP contribution in [0.1, 0.15) is 24.8 Å². The molecular weight excluding hydrogens is 284 g/mol. The maximum Gasteiger partial charge on any atom is 0.273 e. The molecule has 1 fully saturated rings. The number of nitro groups is 1. The van der Waals surface area contributed by atoms with Gasteiger partial charge in [0.2, 0.25) is 0 Å². The number of nitrogens with zero attached hydrogens (tertiary/aromatic N) is 1. The SMILES string of the molecule is NC(CCc1ccc(Br)cc1[N+](=O)[O-])C1CC1. The van der Waals surface area contributed by atoms with Crippen molar-refractivity contribution in [1.29, 1.82) is 0 Å². The maximum atomic E-state index is 10.9. The van der Waals surface area contributed by atoms with Gasteiger partial charge in [-0.05, 0) is 37.7 Å². The van der Waals surface area contributed by atoms with Gasteiger partial charge in [0.05, 0.1) is 4.92 Å². The molecule has 1 unspecified atom stereocenters. The fourth-order valence-corrected chi connectivity index (χ4v) is 2.35. The molecular formula is C12H15BrN2O2. The van der Waals surface area contributed by atoms with E-state index in [1.54, 1.807) is 6.07 Å². The van der Waals surface area contributed by atoms with Crippen LogP contribution in [0.2, 0.25) is 0 Å². The predicted molar refractivity (Wildman–Crippen MR) is 69.8 cm³/mol. The molecule has 4 nitrogen and oxygen atoms in total. The number of halogens is 1. The summed E-state index contributed by atoms with van der Waals surface area (Å²) in [5, 5.41) is 10.9. The lowest BCUT2D eigenvalue weighted by molar-refractivity contribution is -0.385. The summed E-state index contributed by atoms with van der Waals surface area (Å²) >= 11 is 3.25. The van der Waals surface area contributed by atoms with Crippen molar-refractivity contribution in [3.05, 3.63) is 38.3 Å². The van der Waals surface area contributed by atoms with Crippen LogP contribution in [0, 0.1) is 16.0 Å². The molecule has 1 atom stereocenters. The minimum absolute atomic E-state index is 0.183. The van der Waals surface area contributed by atoms with Crippen LogP contribution in [-0.2, 0) is 6.42 Å². The fourth-order valence-electron chi connectivity index (χ4n) is 2.00. The molecule has 0 aromatic heterocycles. The molecule has 1 aromatic rings. The molecule has 0 amide bonds. The molecule has 0 radical (unpaired) electrons. The summed E-state index contributed by atoms with van der Waals surface area (Å²) < 4.78 is 0.736. The second-order valence-corrected chi connectivity index (χ2v) is 5.49. The molecule has 17 heavy (non-hydrogen) atoms. The van der Waals surface area contributed by atoms with Crippen molar-refractivity contribution in [1.82, 2.24) is 0 Å². The van der Waals surface area contributed by atoms with Gasteiger partial charge < -0.3 is 5.73 Å². The highest BCUT2D eigenvalue weighted by Gasteiger charge is 2.28. The zero-order valence-electron chi connectivity index (χ0n) is 9.43. The van der Waals surface area contributed by atoms with Gasteiger partial charge >= 0.3 is 0 Å². The Morgan fingerprint density at radius 3 is 2.82 bits per heavy atom. The Kier molecular flexibility index (Phi) is 3.79. The van der Waals surface area contributed by atoms with Crippen molar-refractivity contribution < 1.29 is 4.92 Å². The van der Waals surface area contributed by atoms with Crippen LogP contribution in [0.25, 0.3) is 0 Å². The first-order valence-electron chi connectivity index (χ1n) is 5.76. The topological polar surface area (TPSA) is 69.2 Å². The molecule has 1 aromatic carbocycles. The van der Waals surface area contributed by atoms with Crippen molar-refractivity contribution in [2.75, 3.05) is 0 Å². The van der Waals surface area contributed by atoms with E-state index in [4.69, 9.17) is 5.73 Å². The molecule has 1 aliphatic carbocycles. The normalized spacial score (nSPS) is 16.8. The second kappa shape index (κ2) is 5.14. The van der Waals surface area contributed by atoms with E-state index >= 15 is 0 Å². The van der Waals surface area contributed by atoms with E-state index < -0.39 is 0 Å². The fraction of sp³-hybridized carbons (Fsp3) is 0.500. The van der Waals surface area contributed by atoms with Crippen molar-refractivity contribution in [3.63, 3.8) is 0 Å². The molecule has 1 saturated carbocycles. The summed E-state index contributed by atoms with van der Waals surface area (Å²) in [7, 11) is 0. The van der Waals surface area contributed by atoms with E-state index in [0.29, 0.717) is 12.3 Å². The van der Waals surface area contributed by atoms with Gasteiger partial charge in [0.25, 0.3) is 5.69 Å². The van der Waals surface area contributed by atoms with Crippen LogP contribution in [0.4, 0.5) is 5.69 Å². The third-order valence-corrected chi connectivity index (χ3v) is 3.71. The van der Waals surface area contributed by atoms with Crippen molar-refractivity contribution in [2.45, 2.75) is 31.7 Å². The lowest BCUT2D eigenvalue weighted by Gasteiger charge is -2.10. The van der Waals surface area contributed by atoms with Gasteiger partial charge in [0.1, 0.15) is 0 Å². The maximum absolute atomic E-state index is 10.9. The third-order valence-electron chi connectivity index (χ3n) is 3.22. The van der Waals surface area contributed by atoms with Gasteiger partial charge in [-0.3, -0.25) is 10.1 Å². The van der Waals surface area contributed by atoms with Gasteiger partial charge in [-0.15, -0.1) is 0 Å². The van der Waals surface area contributed by atoms with E-state index in [1.165, 1.54) is 12.8 Å². The molecule has 0 saturated heterocycles. The molecule has 2 N–H and O–H groups in total. The Morgan fingerprint density at radius 1 is 1.53 bits per heavy atom. The Labute approximate surface area is 108 Å². The molecule has 5 heteroatoms. The number of benzene rings is 1. The number of nitrogens with two attached hydrogens (primary N) is 1. The predicted octanol–water partition coefficient (Wildman–Crippen LogP) is 3.03. The lowest BCUT2D eigenvalue weighted by Crippen LogP contribution is -2.23. The Morgan fingerprint density at radius 2 is 2.24 bits per heavy atom. The average Bonchev–Trinajstić information content (AvgIpc) is 3.10. The molecule has 1 aliphatic rings. The zero-order chi connectivity index (χ0) is 12.4. The molecule has 0 heterocycles. The van der Waals surface area contributed by atoms with Crippen molar-refractivity contribution >= 4 is 21.6 Å². The van der Waals surface area contributed by atoms with Crippen LogP contribution in [-0.4, -0.2) is 11.0 Å². The Bertz CT molecular complexity index is 433. The monoisotopic (exact) mass is 298 g/mol. The lowest BCUT2D eigenvalue weighted by atomic mass is 10.0. The summed E-state index contributed by atoms with van der Waals surface area (Å²) in [6.07, 6.45) is 3.93. The summed E-state index contributed by atoms with van der Waals surface area (Å²) in [6, 6.07) is 5.39. The summed E-state index contributed by atoms with van der Waals surface area (Å²) in [4.78, 5) is 10.6. The minimum atomic E-state index is -0.331. The summed E-state index contributed by atoms with van der Waals surface area (Å²) in [6.45, 7) is 0. The number of aryl methyl sites for hydroxylation is 1. The van der Waals surface area contributed by atoms with Crippen LogP contribution < -0.4 is 5.73 Å². The van der Waals surface area contributed by atoms with Crippen LogP contribution in [0.15, 0.2) is 22.7 Å². The van der Waals surface area contributed by atoms with E-state index in [-0.39, 0.29) is 16.7 Å². The van der Waals surface area contributed by atoms with E-state index in [0.717, 1.165) is 16.5 Å².